The van der Waals surface area contributed by atoms with Gasteiger partial charge in [-0.25, -0.2) is 0 Å². The molecule has 0 saturated carbocycles. The number of anilines is 1. The van der Waals surface area contributed by atoms with Gasteiger partial charge < -0.3 is 9.80 Å². The van der Waals surface area contributed by atoms with Crippen LogP contribution in [0, 0.1) is 0 Å². The summed E-state index contributed by atoms with van der Waals surface area (Å²) in [5.74, 6) is -0.184. The van der Waals surface area contributed by atoms with E-state index < -0.39 is 0 Å². The molecule has 0 bridgehead atoms. The predicted molar refractivity (Wildman–Crippen MR) is 111 cm³/mol. The molecule has 0 N–H and O–H groups in total. The molecule has 0 saturated heterocycles. The summed E-state index contributed by atoms with van der Waals surface area (Å²) < 4.78 is 0. The molecule has 4 nitrogen and oxygen atoms in total. The molecular weight excluding hydrogens is 336 g/mol. The number of benzene rings is 2. The number of rotatable bonds is 6. The number of para-hydroxylation sites is 1. The SMILES string of the molecule is CCN(Cc1ccccc1)C(=O)CN(C(C)=O)c1ccccc1C(C)(C)C. The first kappa shape index (κ1) is 20.7. The number of nitrogens with zero attached hydrogens (tertiary/aromatic N) is 2. The van der Waals surface area contributed by atoms with Gasteiger partial charge in [0.05, 0.1) is 0 Å². The van der Waals surface area contributed by atoms with Gasteiger partial charge in [-0.1, -0.05) is 69.3 Å². The van der Waals surface area contributed by atoms with Crippen molar-refractivity contribution in [2.24, 2.45) is 0 Å². The molecule has 0 unspecified atom stereocenters. The second-order valence-corrected chi connectivity index (χ2v) is 7.77. The van der Waals surface area contributed by atoms with Crippen LogP contribution < -0.4 is 4.90 Å². The van der Waals surface area contributed by atoms with E-state index in [1.807, 2.05) is 61.5 Å². The van der Waals surface area contributed by atoms with Crippen molar-refractivity contribution in [3.63, 3.8) is 0 Å². The van der Waals surface area contributed by atoms with Gasteiger partial charge in [-0.2, -0.15) is 0 Å². The van der Waals surface area contributed by atoms with Crippen LogP contribution in [-0.4, -0.2) is 29.8 Å². The molecule has 0 radical (unpaired) electrons. The maximum Gasteiger partial charge on any atom is 0.242 e. The van der Waals surface area contributed by atoms with E-state index in [4.69, 9.17) is 0 Å². The maximum absolute atomic E-state index is 13.0. The standard InChI is InChI=1S/C23H30N2O2/c1-6-24(16-19-12-8-7-9-13-19)22(27)17-25(18(2)26)21-15-11-10-14-20(21)23(3,4)5/h7-15H,6,16-17H2,1-5H3. The second kappa shape index (κ2) is 8.85. The molecule has 2 amide bonds. The Morgan fingerprint density at radius 3 is 2.07 bits per heavy atom. The smallest absolute Gasteiger partial charge is 0.242 e. The van der Waals surface area contributed by atoms with Crippen LogP contribution in [0.25, 0.3) is 0 Å². The molecule has 0 aromatic heterocycles. The normalized spacial score (nSPS) is 11.1. The molecule has 2 rings (SSSR count). The van der Waals surface area contributed by atoms with Crippen LogP contribution >= 0.6 is 0 Å². The van der Waals surface area contributed by atoms with Crippen molar-refractivity contribution >= 4 is 17.5 Å². The Hall–Kier alpha value is -2.62. The molecule has 27 heavy (non-hydrogen) atoms. The molecule has 2 aromatic carbocycles. The molecule has 0 fully saturated rings. The van der Waals surface area contributed by atoms with Gasteiger partial charge in [-0.15, -0.1) is 0 Å². The fourth-order valence-electron chi connectivity index (χ4n) is 3.12. The Bertz CT molecular complexity index is 778. The van der Waals surface area contributed by atoms with Gasteiger partial charge in [0.1, 0.15) is 6.54 Å². The average molecular weight is 367 g/mol. The van der Waals surface area contributed by atoms with E-state index in [2.05, 4.69) is 20.8 Å². The Morgan fingerprint density at radius 1 is 0.926 bits per heavy atom. The van der Waals surface area contributed by atoms with Crippen LogP contribution in [0.3, 0.4) is 0 Å². The molecule has 4 heteroatoms. The van der Waals surface area contributed by atoms with Gasteiger partial charge >= 0.3 is 0 Å². The topological polar surface area (TPSA) is 40.6 Å². The number of hydrogen-bond acceptors (Lipinski definition) is 2. The highest BCUT2D eigenvalue weighted by Gasteiger charge is 2.25. The van der Waals surface area contributed by atoms with E-state index in [1.165, 1.54) is 6.92 Å². The quantitative estimate of drug-likeness (QED) is 0.761. The minimum Gasteiger partial charge on any atom is -0.337 e. The molecule has 0 aliphatic heterocycles. The lowest BCUT2D eigenvalue weighted by Crippen LogP contribution is -2.42. The number of carbonyl (C=O) groups excluding carboxylic acids is 2. The van der Waals surface area contributed by atoms with Crippen molar-refractivity contribution in [3.8, 4) is 0 Å². The summed E-state index contributed by atoms with van der Waals surface area (Å²) in [4.78, 5) is 28.7. The van der Waals surface area contributed by atoms with Gasteiger partial charge in [0, 0.05) is 25.7 Å². The molecule has 144 valence electrons. The van der Waals surface area contributed by atoms with Gasteiger partial charge in [0.15, 0.2) is 0 Å². The Labute approximate surface area is 162 Å². The lowest BCUT2D eigenvalue weighted by Gasteiger charge is -2.31. The highest BCUT2D eigenvalue weighted by Crippen LogP contribution is 2.32. The number of likely N-dealkylation sites (N-methyl/N-ethyl adjacent to an activating group) is 1. The molecular formula is C23H30N2O2. The fourth-order valence-corrected chi connectivity index (χ4v) is 3.12. The van der Waals surface area contributed by atoms with Crippen LogP contribution in [0.15, 0.2) is 54.6 Å². The Kier molecular flexibility index (Phi) is 6.78. The molecule has 0 spiro atoms. The van der Waals surface area contributed by atoms with Crippen molar-refractivity contribution in [3.05, 3.63) is 65.7 Å². The summed E-state index contributed by atoms with van der Waals surface area (Å²) in [5, 5.41) is 0. The second-order valence-electron chi connectivity index (χ2n) is 7.77. The van der Waals surface area contributed by atoms with Crippen LogP contribution in [0.5, 0.6) is 0 Å². The monoisotopic (exact) mass is 366 g/mol. The average Bonchev–Trinajstić information content (AvgIpc) is 2.64. The zero-order valence-electron chi connectivity index (χ0n) is 17.0. The minimum atomic E-state index is -0.129. The Morgan fingerprint density at radius 2 is 1.52 bits per heavy atom. The number of carbonyl (C=O) groups is 2. The first-order valence-electron chi connectivity index (χ1n) is 9.43. The van der Waals surface area contributed by atoms with Crippen LogP contribution in [0.1, 0.15) is 45.7 Å². The van der Waals surface area contributed by atoms with Gasteiger partial charge in [-0.05, 0) is 29.5 Å². The van der Waals surface area contributed by atoms with E-state index >= 15 is 0 Å². The summed E-state index contributed by atoms with van der Waals surface area (Å²) in [7, 11) is 0. The molecule has 0 aliphatic rings. The molecule has 0 aliphatic carbocycles. The van der Waals surface area contributed by atoms with Crippen LogP contribution in [-0.2, 0) is 21.5 Å². The largest absolute Gasteiger partial charge is 0.337 e. The van der Waals surface area contributed by atoms with Gasteiger partial charge in [0.25, 0.3) is 0 Å². The first-order chi connectivity index (χ1) is 12.7. The fraction of sp³-hybridized carbons (Fsp3) is 0.391. The van der Waals surface area contributed by atoms with E-state index in [0.717, 1.165) is 16.8 Å². The highest BCUT2D eigenvalue weighted by molar-refractivity contribution is 5.98. The van der Waals surface area contributed by atoms with Crippen LogP contribution in [0.4, 0.5) is 5.69 Å². The molecule has 0 heterocycles. The third kappa shape index (κ3) is 5.43. The highest BCUT2D eigenvalue weighted by atomic mass is 16.2. The van der Waals surface area contributed by atoms with Crippen molar-refractivity contribution in [1.29, 1.82) is 0 Å². The lowest BCUT2D eigenvalue weighted by molar-refractivity contribution is -0.131. The van der Waals surface area contributed by atoms with Crippen molar-refractivity contribution in [2.45, 2.75) is 46.6 Å². The van der Waals surface area contributed by atoms with E-state index in [-0.39, 0.29) is 23.8 Å². The number of hydrogen-bond donors (Lipinski definition) is 0. The van der Waals surface area contributed by atoms with E-state index in [9.17, 15) is 9.59 Å². The minimum absolute atomic E-state index is 0.0447. The maximum atomic E-state index is 13.0. The van der Waals surface area contributed by atoms with E-state index in [0.29, 0.717) is 13.1 Å². The lowest BCUT2D eigenvalue weighted by atomic mass is 9.85. The summed E-state index contributed by atoms with van der Waals surface area (Å²) in [5.41, 5.74) is 2.82. The molecule has 0 atom stereocenters. The van der Waals surface area contributed by atoms with Crippen molar-refractivity contribution in [2.75, 3.05) is 18.0 Å². The van der Waals surface area contributed by atoms with Gasteiger partial charge in [-0.3, -0.25) is 9.59 Å². The number of amides is 2. The third-order valence-corrected chi connectivity index (χ3v) is 4.63. The predicted octanol–water partition coefficient (Wildman–Crippen LogP) is 4.39. The summed E-state index contributed by atoms with van der Waals surface area (Å²) in [6.45, 7) is 11.0. The van der Waals surface area contributed by atoms with Crippen molar-refractivity contribution in [1.82, 2.24) is 4.90 Å². The van der Waals surface area contributed by atoms with Gasteiger partial charge in [0.2, 0.25) is 11.8 Å². The summed E-state index contributed by atoms with van der Waals surface area (Å²) in [6, 6.07) is 17.7. The summed E-state index contributed by atoms with van der Waals surface area (Å²) in [6.07, 6.45) is 0. The summed E-state index contributed by atoms with van der Waals surface area (Å²) >= 11 is 0. The Balaban J connectivity index is 2.26. The molecule has 2 aromatic rings. The van der Waals surface area contributed by atoms with E-state index in [1.54, 1.807) is 9.80 Å². The van der Waals surface area contributed by atoms with Crippen LogP contribution in [0.2, 0.25) is 0 Å². The third-order valence-electron chi connectivity index (χ3n) is 4.63. The van der Waals surface area contributed by atoms with Crippen molar-refractivity contribution < 1.29 is 9.59 Å². The zero-order valence-corrected chi connectivity index (χ0v) is 17.0. The first-order valence-corrected chi connectivity index (χ1v) is 9.43. The zero-order chi connectivity index (χ0) is 20.0.